The maximum Gasteiger partial charge on any atom is 0.0445 e. The molecule has 2 aromatic carbocycles. The largest absolute Gasteiger partial charge is 0.0843 e. The maximum atomic E-state index is 6.18. The van der Waals surface area contributed by atoms with Crippen molar-refractivity contribution in [2.45, 2.75) is 12.8 Å². The Kier molecular flexibility index (Phi) is 3.52. The molecule has 2 rings (SSSR count). The summed E-state index contributed by atoms with van der Waals surface area (Å²) in [5.41, 5.74) is 2.31. The second-order valence-corrected chi connectivity index (χ2v) is 4.64. The molecule has 0 unspecified atom stereocenters. The molecule has 16 heavy (non-hydrogen) atoms. The lowest BCUT2D eigenvalue weighted by molar-refractivity contribution is 0.923. The summed E-state index contributed by atoms with van der Waals surface area (Å²) in [6, 6.07) is 15.9. The molecule has 0 aliphatic rings. The highest BCUT2D eigenvalue weighted by atomic mass is 35.5. The monoisotopic (exact) mass is 250 g/mol. The minimum absolute atomic E-state index is 0.257. The Hall–Kier alpha value is -0.980. The molecule has 0 bridgehead atoms. The van der Waals surface area contributed by atoms with Crippen LogP contribution in [0, 0.1) is 0 Å². The van der Waals surface area contributed by atoms with Crippen molar-refractivity contribution in [1.29, 1.82) is 0 Å². The second kappa shape index (κ2) is 4.90. The molecule has 0 fully saturated rings. The van der Waals surface area contributed by atoms with E-state index in [0.29, 0.717) is 0 Å². The summed E-state index contributed by atoms with van der Waals surface area (Å²) in [6.07, 6.45) is 0. The van der Waals surface area contributed by atoms with Crippen LogP contribution < -0.4 is 0 Å². The molecule has 2 heteroatoms. The van der Waals surface area contributed by atoms with E-state index in [-0.39, 0.29) is 5.92 Å². The zero-order valence-corrected chi connectivity index (χ0v) is 10.5. The van der Waals surface area contributed by atoms with E-state index in [9.17, 15) is 0 Å². The van der Waals surface area contributed by atoms with Crippen LogP contribution in [0.2, 0.25) is 10.0 Å². The van der Waals surface area contributed by atoms with Gasteiger partial charge in [-0.1, -0.05) is 60.5 Å². The fraction of sp³-hybridized carbons (Fsp3) is 0.143. The van der Waals surface area contributed by atoms with Gasteiger partial charge in [0, 0.05) is 16.0 Å². The zero-order chi connectivity index (χ0) is 11.5. The molecule has 0 aliphatic heterocycles. The molecular weight excluding hydrogens is 239 g/mol. The lowest BCUT2D eigenvalue weighted by Gasteiger charge is -2.14. The molecule has 0 heterocycles. The number of benzene rings is 2. The van der Waals surface area contributed by atoms with Gasteiger partial charge in [0.1, 0.15) is 0 Å². The number of halogens is 2. The first-order valence-electron chi connectivity index (χ1n) is 5.18. The fourth-order valence-corrected chi connectivity index (χ4v) is 2.23. The van der Waals surface area contributed by atoms with E-state index >= 15 is 0 Å². The van der Waals surface area contributed by atoms with Gasteiger partial charge in [-0.3, -0.25) is 0 Å². The van der Waals surface area contributed by atoms with Crippen LogP contribution in [0.1, 0.15) is 24.0 Å². The van der Waals surface area contributed by atoms with E-state index in [1.54, 1.807) is 0 Å². The molecule has 0 nitrogen and oxygen atoms in total. The summed E-state index contributed by atoms with van der Waals surface area (Å²) in [5.74, 6) is 0.257. The van der Waals surface area contributed by atoms with Crippen molar-refractivity contribution >= 4 is 23.2 Å². The lowest BCUT2D eigenvalue weighted by Crippen LogP contribution is -1.96. The van der Waals surface area contributed by atoms with Gasteiger partial charge in [-0.25, -0.2) is 0 Å². The Morgan fingerprint density at radius 1 is 0.938 bits per heavy atom. The number of rotatable bonds is 2. The zero-order valence-electron chi connectivity index (χ0n) is 8.95. The highest BCUT2D eigenvalue weighted by Crippen LogP contribution is 2.31. The van der Waals surface area contributed by atoms with Crippen LogP contribution in [-0.4, -0.2) is 0 Å². The molecule has 0 amide bonds. The molecule has 0 aliphatic carbocycles. The lowest BCUT2D eigenvalue weighted by atomic mass is 9.93. The van der Waals surface area contributed by atoms with Gasteiger partial charge in [-0.05, 0) is 29.3 Å². The second-order valence-electron chi connectivity index (χ2n) is 3.80. The maximum absolute atomic E-state index is 6.18. The normalized spacial score (nSPS) is 12.4. The van der Waals surface area contributed by atoms with Crippen molar-refractivity contribution in [1.82, 2.24) is 0 Å². The summed E-state index contributed by atoms with van der Waals surface area (Å²) in [5, 5.41) is 1.49. The Balaban J connectivity index is 2.41. The third-order valence-electron chi connectivity index (χ3n) is 2.72. The Labute approximate surface area is 106 Å². The number of hydrogen-bond donors (Lipinski definition) is 0. The van der Waals surface area contributed by atoms with Crippen molar-refractivity contribution in [3.8, 4) is 0 Å². The Bertz CT molecular complexity index is 477. The van der Waals surface area contributed by atoms with Crippen molar-refractivity contribution in [3.63, 3.8) is 0 Å². The van der Waals surface area contributed by atoms with Crippen molar-refractivity contribution in [2.24, 2.45) is 0 Å². The summed E-state index contributed by atoms with van der Waals surface area (Å²) in [4.78, 5) is 0. The van der Waals surface area contributed by atoms with Crippen LogP contribution in [0.15, 0.2) is 48.5 Å². The van der Waals surface area contributed by atoms with E-state index in [1.165, 1.54) is 5.56 Å². The van der Waals surface area contributed by atoms with Gasteiger partial charge in [-0.2, -0.15) is 0 Å². The standard InChI is InChI=1S/C14H12Cl2/c1-10(11-5-3-2-4-6-11)13-9-12(15)7-8-14(13)16/h2-10H,1H3/t10-/m0/s1. The molecule has 0 N–H and O–H groups in total. The molecule has 0 saturated heterocycles. The first-order valence-corrected chi connectivity index (χ1v) is 5.94. The summed E-state index contributed by atoms with van der Waals surface area (Å²) in [7, 11) is 0. The van der Waals surface area contributed by atoms with Gasteiger partial charge in [-0.15, -0.1) is 0 Å². The predicted molar refractivity (Wildman–Crippen MR) is 70.4 cm³/mol. The minimum atomic E-state index is 0.257. The third kappa shape index (κ3) is 2.40. The number of hydrogen-bond acceptors (Lipinski definition) is 0. The summed E-state index contributed by atoms with van der Waals surface area (Å²) < 4.78 is 0. The van der Waals surface area contributed by atoms with Crippen LogP contribution in [0.4, 0.5) is 0 Å². The van der Waals surface area contributed by atoms with Crippen LogP contribution in [0.5, 0.6) is 0 Å². The molecule has 0 radical (unpaired) electrons. The topological polar surface area (TPSA) is 0 Å². The SMILES string of the molecule is C[C@@H](c1ccccc1)c1cc(Cl)ccc1Cl. The minimum Gasteiger partial charge on any atom is -0.0843 e. The molecule has 0 saturated carbocycles. The van der Waals surface area contributed by atoms with Crippen LogP contribution >= 0.6 is 23.2 Å². The Morgan fingerprint density at radius 3 is 2.31 bits per heavy atom. The van der Waals surface area contributed by atoms with Gasteiger partial charge in [0.15, 0.2) is 0 Å². The average Bonchev–Trinajstić information content (AvgIpc) is 2.32. The fourth-order valence-electron chi connectivity index (χ4n) is 1.77. The van der Waals surface area contributed by atoms with E-state index in [4.69, 9.17) is 23.2 Å². The predicted octanol–water partition coefficient (Wildman–Crippen LogP) is 5.15. The van der Waals surface area contributed by atoms with E-state index in [1.807, 2.05) is 36.4 Å². The summed E-state index contributed by atoms with van der Waals surface area (Å²) in [6.45, 7) is 2.13. The molecule has 0 spiro atoms. The molecule has 82 valence electrons. The van der Waals surface area contributed by atoms with Gasteiger partial charge < -0.3 is 0 Å². The van der Waals surface area contributed by atoms with Gasteiger partial charge in [0.2, 0.25) is 0 Å². The highest BCUT2D eigenvalue weighted by molar-refractivity contribution is 6.33. The van der Waals surface area contributed by atoms with Gasteiger partial charge in [0.25, 0.3) is 0 Å². The highest BCUT2D eigenvalue weighted by Gasteiger charge is 2.11. The van der Waals surface area contributed by atoms with Gasteiger partial charge >= 0.3 is 0 Å². The molecular formula is C14H12Cl2. The van der Waals surface area contributed by atoms with Crippen LogP contribution in [0.3, 0.4) is 0 Å². The molecule has 1 atom stereocenters. The van der Waals surface area contributed by atoms with E-state index in [2.05, 4.69) is 19.1 Å². The van der Waals surface area contributed by atoms with E-state index < -0.39 is 0 Å². The van der Waals surface area contributed by atoms with Crippen molar-refractivity contribution < 1.29 is 0 Å². The Morgan fingerprint density at radius 2 is 1.62 bits per heavy atom. The van der Waals surface area contributed by atoms with Crippen molar-refractivity contribution in [3.05, 3.63) is 69.7 Å². The van der Waals surface area contributed by atoms with Crippen LogP contribution in [-0.2, 0) is 0 Å². The first kappa shape index (κ1) is 11.5. The van der Waals surface area contributed by atoms with E-state index in [0.717, 1.165) is 15.6 Å². The first-order chi connectivity index (χ1) is 7.68. The molecule has 2 aromatic rings. The summed E-state index contributed by atoms with van der Waals surface area (Å²) >= 11 is 12.2. The smallest absolute Gasteiger partial charge is 0.0445 e. The average molecular weight is 251 g/mol. The molecule has 0 aromatic heterocycles. The van der Waals surface area contributed by atoms with Crippen LogP contribution in [0.25, 0.3) is 0 Å². The van der Waals surface area contributed by atoms with Crippen molar-refractivity contribution in [2.75, 3.05) is 0 Å². The third-order valence-corrected chi connectivity index (χ3v) is 3.30. The van der Waals surface area contributed by atoms with Gasteiger partial charge in [0.05, 0.1) is 0 Å². The quantitative estimate of drug-likeness (QED) is 0.692.